The molecule has 16 heavy (non-hydrogen) atoms. The molecule has 0 aliphatic heterocycles. The van der Waals surface area contributed by atoms with E-state index in [1.54, 1.807) is 0 Å². The van der Waals surface area contributed by atoms with Crippen molar-refractivity contribution >= 4 is 11.5 Å². The second-order valence-corrected chi connectivity index (χ2v) is 4.34. The zero-order valence-electron chi connectivity index (χ0n) is 10.3. The zero-order chi connectivity index (χ0) is 11.6. The fourth-order valence-corrected chi connectivity index (χ4v) is 1.29. The SMILES string of the molecule is CC1C(=O)C1C.Cc1ccc(C)c(N)c1.[Cl-]. The maximum atomic E-state index is 10.2. The number of anilines is 1. The number of hydrogen-bond acceptors (Lipinski definition) is 2. The standard InChI is InChI=1S/C8H11N.C5H8O.ClH/c1-6-3-4-7(2)8(9)5-6;1-3-4(2)5(3)6;/h3-5H,9H2,1-2H3;3-4H,1-2H3;1H/p-1. The van der Waals surface area contributed by atoms with Crippen LogP contribution in [-0.4, -0.2) is 5.78 Å². The van der Waals surface area contributed by atoms with Crippen molar-refractivity contribution in [1.29, 1.82) is 0 Å². The molecule has 90 valence electrons. The van der Waals surface area contributed by atoms with Crippen molar-refractivity contribution < 1.29 is 17.2 Å². The lowest BCUT2D eigenvalue weighted by atomic mass is 10.1. The minimum atomic E-state index is 0. The average Bonchev–Trinajstić information content (AvgIpc) is 2.70. The molecule has 1 aromatic rings. The molecule has 0 heterocycles. The Kier molecular flexibility index (Phi) is 5.52. The summed E-state index contributed by atoms with van der Waals surface area (Å²) < 4.78 is 0. The van der Waals surface area contributed by atoms with Gasteiger partial charge in [-0.1, -0.05) is 26.0 Å². The molecular weight excluding hydrogens is 222 g/mol. The molecule has 0 saturated heterocycles. The highest BCUT2D eigenvalue weighted by Crippen LogP contribution is 2.31. The summed E-state index contributed by atoms with van der Waals surface area (Å²) in [5.74, 6) is 1.19. The summed E-state index contributed by atoms with van der Waals surface area (Å²) in [4.78, 5) is 10.2. The predicted octanol–water partition coefficient (Wildman–Crippen LogP) is -0.269. The van der Waals surface area contributed by atoms with Gasteiger partial charge >= 0.3 is 0 Å². The fraction of sp³-hybridized carbons (Fsp3) is 0.462. The van der Waals surface area contributed by atoms with Crippen molar-refractivity contribution in [3.05, 3.63) is 29.3 Å². The van der Waals surface area contributed by atoms with E-state index in [0.29, 0.717) is 17.6 Å². The van der Waals surface area contributed by atoms with Crippen LogP contribution < -0.4 is 18.1 Å². The minimum Gasteiger partial charge on any atom is -1.00 e. The number of hydrogen-bond donors (Lipinski definition) is 1. The molecule has 3 heteroatoms. The topological polar surface area (TPSA) is 43.1 Å². The first-order valence-corrected chi connectivity index (χ1v) is 5.30. The van der Waals surface area contributed by atoms with Gasteiger partial charge in [-0.2, -0.15) is 0 Å². The van der Waals surface area contributed by atoms with Crippen LogP contribution in [0.2, 0.25) is 0 Å². The molecule has 2 N–H and O–H groups in total. The molecule has 2 rings (SSSR count). The number of halogens is 1. The van der Waals surface area contributed by atoms with E-state index in [0.717, 1.165) is 11.3 Å². The summed E-state index contributed by atoms with van der Waals surface area (Å²) in [6.45, 7) is 7.98. The van der Waals surface area contributed by atoms with Crippen molar-refractivity contribution in [2.75, 3.05) is 5.73 Å². The molecular formula is C13H19ClNO-. The largest absolute Gasteiger partial charge is 1.00 e. The lowest BCUT2D eigenvalue weighted by Gasteiger charge is -1.98. The third-order valence-electron chi connectivity index (χ3n) is 2.97. The fourth-order valence-electron chi connectivity index (χ4n) is 1.29. The Balaban J connectivity index is 0.000000283. The summed E-state index contributed by atoms with van der Waals surface area (Å²) in [6.07, 6.45) is 0. The number of aryl methyl sites for hydroxylation is 2. The van der Waals surface area contributed by atoms with Crippen LogP contribution >= 0.6 is 0 Å². The summed E-state index contributed by atoms with van der Waals surface area (Å²) >= 11 is 0. The van der Waals surface area contributed by atoms with Crippen molar-refractivity contribution in [2.24, 2.45) is 11.8 Å². The Morgan fingerprint density at radius 3 is 1.81 bits per heavy atom. The third kappa shape index (κ3) is 3.86. The Bertz CT molecular complexity index is 366. The minimum absolute atomic E-state index is 0. The van der Waals surface area contributed by atoms with E-state index < -0.39 is 0 Å². The van der Waals surface area contributed by atoms with Gasteiger partial charge in [0.2, 0.25) is 0 Å². The molecule has 2 atom stereocenters. The van der Waals surface area contributed by atoms with Gasteiger partial charge < -0.3 is 18.1 Å². The number of carbonyl (C=O) groups excluding carboxylic acids is 1. The van der Waals surface area contributed by atoms with Crippen LogP contribution in [0.25, 0.3) is 0 Å². The van der Waals surface area contributed by atoms with Crippen molar-refractivity contribution in [1.82, 2.24) is 0 Å². The van der Waals surface area contributed by atoms with Gasteiger partial charge in [0.15, 0.2) is 0 Å². The van der Waals surface area contributed by atoms with Crippen molar-refractivity contribution in [3.63, 3.8) is 0 Å². The molecule has 1 aliphatic rings. The van der Waals surface area contributed by atoms with Gasteiger partial charge in [-0.3, -0.25) is 4.79 Å². The number of benzene rings is 1. The Labute approximate surface area is 104 Å². The summed E-state index contributed by atoms with van der Waals surface area (Å²) in [6, 6.07) is 6.08. The van der Waals surface area contributed by atoms with Crippen LogP contribution in [-0.2, 0) is 4.79 Å². The van der Waals surface area contributed by atoms with E-state index in [9.17, 15) is 4.79 Å². The van der Waals surface area contributed by atoms with Crippen LogP contribution in [0.4, 0.5) is 5.69 Å². The molecule has 1 aromatic carbocycles. The van der Waals surface area contributed by atoms with E-state index >= 15 is 0 Å². The van der Waals surface area contributed by atoms with Gasteiger partial charge in [-0.25, -0.2) is 0 Å². The smallest absolute Gasteiger partial charge is 0.139 e. The second-order valence-electron chi connectivity index (χ2n) is 4.34. The van der Waals surface area contributed by atoms with Crippen LogP contribution in [0.5, 0.6) is 0 Å². The predicted molar refractivity (Wildman–Crippen MR) is 63.7 cm³/mol. The maximum absolute atomic E-state index is 10.2. The first kappa shape index (κ1) is 15.0. The highest BCUT2D eigenvalue weighted by molar-refractivity contribution is 5.98. The molecule has 0 spiro atoms. The average molecular weight is 241 g/mol. The molecule has 1 fully saturated rings. The maximum Gasteiger partial charge on any atom is 0.139 e. The van der Waals surface area contributed by atoms with E-state index in [1.807, 2.05) is 39.8 Å². The molecule has 1 aliphatic carbocycles. The molecule has 1 saturated carbocycles. The first-order valence-electron chi connectivity index (χ1n) is 5.30. The van der Waals surface area contributed by atoms with Crippen LogP contribution in [0.15, 0.2) is 18.2 Å². The van der Waals surface area contributed by atoms with E-state index in [1.165, 1.54) is 5.56 Å². The second kappa shape index (κ2) is 5.90. The van der Waals surface area contributed by atoms with Gasteiger partial charge in [0, 0.05) is 17.5 Å². The van der Waals surface area contributed by atoms with Crippen molar-refractivity contribution in [2.45, 2.75) is 27.7 Å². The van der Waals surface area contributed by atoms with E-state index in [2.05, 4.69) is 6.07 Å². The number of nitrogens with two attached hydrogens (primary N) is 1. The first-order chi connectivity index (χ1) is 6.93. The van der Waals surface area contributed by atoms with Gasteiger partial charge in [0.25, 0.3) is 0 Å². The zero-order valence-corrected chi connectivity index (χ0v) is 11.0. The monoisotopic (exact) mass is 240 g/mol. The Hall–Kier alpha value is -1.02. The number of rotatable bonds is 0. The Morgan fingerprint density at radius 1 is 1.12 bits per heavy atom. The molecule has 0 aromatic heterocycles. The number of Topliss-reactive ketones (excluding diaryl/α,β-unsaturated/α-hetero) is 1. The van der Waals surface area contributed by atoms with Gasteiger partial charge in [0.1, 0.15) is 5.78 Å². The van der Waals surface area contributed by atoms with Crippen LogP contribution in [0, 0.1) is 25.7 Å². The lowest BCUT2D eigenvalue weighted by molar-refractivity contribution is -0.111. The summed E-state index contributed by atoms with van der Waals surface area (Å²) in [5, 5.41) is 0. The molecule has 0 radical (unpaired) electrons. The molecule has 2 nitrogen and oxygen atoms in total. The van der Waals surface area contributed by atoms with Crippen LogP contribution in [0.1, 0.15) is 25.0 Å². The highest BCUT2D eigenvalue weighted by Gasteiger charge is 2.40. The molecule has 2 unspecified atom stereocenters. The van der Waals surface area contributed by atoms with E-state index in [4.69, 9.17) is 5.73 Å². The Morgan fingerprint density at radius 2 is 1.56 bits per heavy atom. The summed E-state index contributed by atoms with van der Waals surface area (Å²) in [5.41, 5.74) is 8.88. The van der Waals surface area contributed by atoms with E-state index in [-0.39, 0.29) is 12.4 Å². The van der Waals surface area contributed by atoms with Crippen molar-refractivity contribution in [3.8, 4) is 0 Å². The van der Waals surface area contributed by atoms with Crippen LogP contribution in [0.3, 0.4) is 0 Å². The lowest BCUT2D eigenvalue weighted by Crippen LogP contribution is -3.00. The van der Waals surface area contributed by atoms with Gasteiger partial charge in [-0.05, 0) is 31.0 Å². The quantitative estimate of drug-likeness (QED) is 0.635. The molecule has 0 amide bonds. The molecule has 0 bridgehead atoms. The van der Waals surface area contributed by atoms with Gasteiger partial charge in [-0.15, -0.1) is 0 Å². The number of nitrogen functional groups attached to an aromatic ring is 1. The number of carbonyl (C=O) groups is 1. The van der Waals surface area contributed by atoms with Gasteiger partial charge in [0.05, 0.1) is 0 Å². The normalized spacial score (nSPS) is 21.6. The number of ketones is 1. The highest BCUT2D eigenvalue weighted by atomic mass is 35.5. The third-order valence-corrected chi connectivity index (χ3v) is 2.97. The summed E-state index contributed by atoms with van der Waals surface area (Å²) in [7, 11) is 0.